The van der Waals surface area contributed by atoms with Crippen molar-refractivity contribution in [3.8, 4) is 0 Å². The predicted molar refractivity (Wildman–Crippen MR) is 93.9 cm³/mol. The Labute approximate surface area is 140 Å². The lowest BCUT2D eigenvalue weighted by molar-refractivity contribution is 0.593. The minimum atomic E-state index is -3.72. The largest absolute Gasteiger partial charge is 0.279 e. The van der Waals surface area contributed by atoms with Crippen molar-refractivity contribution < 1.29 is 8.42 Å². The van der Waals surface area contributed by atoms with Crippen LogP contribution in [0.3, 0.4) is 0 Å². The molecule has 122 valence electrons. The van der Waals surface area contributed by atoms with E-state index in [1.807, 2.05) is 52.1 Å². The fourth-order valence-corrected chi connectivity index (χ4v) is 4.94. The lowest BCUT2D eigenvalue weighted by Gasteiger charge is -2.12. The van der Waals surface area contributed by atoms with Gasteiger partial charge in [0.2, 0.25) is 0 Å². The van der Waals surface area contributed by atoms with Crippen LogP contribution in [0, 0.1) is 13.8 Å². The highest BCUT2D eigenvalue weighted by Crippen LogP contribution is 2.30. The Balaban J connectivity index is 2.17. The van der Waals surface area contributed by atoms with Crippen LogP contribution in [0.4, 0.5) is 5.69 Å². The average Bonchev–Trinajstić information content (AvgIpc) is 2.96. The Bertz CT molecular complexity index is 969. The molecule has 0 saturated carbocycles. The number of nitrogens with zero attached hydrogens (tertiary/aromatic N) is 2. The molecular formula is C16H19N3O2S2. The van der Waals surface area contributed by atoms with Crippen LogP contribution in [0.1, 0.15) is 35.9 Å². The van der Waals surface area contributed by atoms with E-state index >= 15 is 0 Å². The second kappa shape index (κ2) is 5.65. The zero-order valence-electron chi connectivity index (χ0n) is 13.5. The van der Waals surface area contributed by atoms with Crippen molar-refractivity contribution in [3.63, 3.8) is 0 Å². The van der Waals surface area contributed by atoms with Crippen molar-refractivity contribution in [2.24, 2.45) is 0 Å². The number of hydrogen-bond acceptors (Lipinski definition) is 4. The molecule has 0 spiro atoms. The van der Waals surface area contributed by atoms with E-state index in [0.717, 1.165) is 10.4 Å². The molecule has 0 atom stereocenters. The Morgan fingerprint density at radius 2 is 1.91 bits per heavy atom. The van der Waals surface area contributed by atoms with Crippen molar-refractivity contribution in [1.29, 1.82) is 0 Å². The first-order valence-corrected chi connectivity index (χ1v) is 9.66. The molecule has 0 amide bonds. The Kier molecular flexibility index (Phi) is 3.93. The molecule has 2 heterocycles. The van der Waals surface area contributed by atoms with Gasteiger partial charge in [-0.3, -0.25) is 9.12 Å². The van der Waals surface area contributed by atoms with Gasteiger partial charge in [0.1, 0.15) is 0 Å². The molecule has 3 aromatic rings. The molecule has 0 radical (unpaired) electrons. The molecule has 0 aliphatic rings. The summed E-state index contributed by atoms with van der Waals surface area (Å²) in [6, 6.07) is 7.34. The topological polar surface area (TPSA) is 63.5 Å². The number of nitrogens with one attached hydrogen (secondary N) is 1. The predicted octanol–water partition coefficient (Wildman–Crippen LogP) is 3.94. The van der Waals surface area contributed by atoms with Crippen LogP contribution in [-0.2, 0) is 10.0 Å². The number of hydrogen-bond donors (Lipinski definition) is 1. The molecule has 0 unspecified atom stereocenters. The highest BCUT2D eigenvalue weighted by atomic mass is 32.2. The third-order valence-corrected chi connectivity index (χ3v) is 5.92. The number of thiazole rings is 1. The maximum atomic E-state index is 13.0. The minimum Gasteiger partial charge on any atom is -0.279 e. The molecule has 1 N–H and O–H groups in total. The van der Waals surface area contributed by atoms with E-state index in [-0.39, 0.29) is 10.9 Å². The average molecular weight is 349 g/mol. The molecule has 1 aromatic carbocycles. The number of benzene rings is 1. The van der Waals surface area contributed by atoms with Gasteiger partial charge in [-0.2, -0.15) is 8.42 Å². The zero-order valence-corrected chi connectivity index (χ0v) is 15.1. The van der Waals surface area contributed by atoms with Crippen LogP contribution in [0.25, 0.3) is 4.96 Å². The maximum absolute atomic E-state index is 13.0. The van der Waals surface area contributed by atoms with Crippen LogP contribution >= 0.6 is 11.3 Å². The first-order valence-electron chi connectivity index (χ1n) is 7.36. The Morgan fingerprint density at radius 3 is 2.57 bits per heavy atom. The van der Waals surface area contributed by atoms with Gasteiger partial charge in [0.15, 0.2) is 9.99 Å². The van der Waals surface area contributed by atoms with E-state index in [9.17, 15) is 8.42 Å². The van der Waals surface area contributed by atoms with E-state index in [1.165, 1.54) is 11.3 Å². The number of para-hydroxylation sites is 1. The van der Waals surface area contributed by atoms with E-state index in [2.05, 4.69) is 9.71 Å². The number of anilines is 1. The molecule has 23 heavy (non-hydrogen) atoms. The van der Waals surface area contributed by atoms with Gasteiger partial charge >= 0.3 is 0 Å². The highest BCUT2D eigenvalue weighted by Gasteiger charge is 2.28. The molecule has 0 aliphatic heterocycles. The molecule has 0 fully saturated rings. The van der Waals surface area contributed by atoms with Gasteiger partial charge in [0, 0.05) is 11.1 Å². The van der Waals surface area contributed by atoms with Crippen molar-refractivity contribution >= 4 is 32.0 Å². The smallest absolute Gasteiger partial charge is 0.279 e. The fraction of sp³-hybridized carbons (Fsp3) is 0.312. The van der Waals surface area contributed by atoms with Gasteiger partial charge in [-0.05, 0) is 31.4 Å². The number of rotatable bonds is 4. The second-order valence-corrected chi connectivity index (χ2v) is 8.68. The first-order chi connectivity index (χ1) is 10.8. The van der Waals surface area contributed by atoms with Crippen LogP contribution < -0.4 is 4.72 Å². The van der Waals surface area contributed by atoms with E-state index < -0.39 is 10.0 Å². The highest BCUT2D eigenvalue weighted by molar-refractivity contribution is 7.92. The van der Waals surface area contributed by atoms with Gasteiger partial charge in [-0.15, -0.1) is 11.3 Å². The third-order valence-electron chi connectivity index (χ3n) is 3.61. The van der Waals surface area contributed by atoms with Gasteiger partial charge < -0.3 is 0 Å². The quantitative estimate of drug-likeness (QED) is 0.776. The molecule has 2 aromatic heterocycles. The number of fused-ring (bicyclic) bond motifs is 1. The molecule has 3 rings (SSSR count). The molecular weight excluding hydrogens is 330 g/mol. The summed E-state index contributed by atoms with van der Waals surface area (Å²) in [6.07, 6.45) is 1.82. The summed E-state index contributed by atoms with van der Waals surface area (Å²) < 4.78 is 30.4. The summed E-state index contributed by atoms with van der Waals surface area (Å²) in [7, 11) is -3.72. The summed E-state index contributed by atoms with van der Waals surface area (Å²) in [5, 5.41) is 0.232. The molecule has 5 nitrogen and oxygen atoms in total. The van der Waals surface area contributed by atoms with Gasteiger partial charge in [-0.1, -0.05) is 32.0 Å². The van der Waals surface area contributed by atoms with Crippen molar-refractivity contribution in [1.82, 2.24) is 9.38 Å². The fourth-order valence-electron chi connectivity index (χ4n) is 2.48. The minimum absolute atomic E-state index is 0.0193. The SMILES string of the molecule is Cc1cn2c(S(=O)(=O)Nc3ccccc3C)c(C(C)C)nc2s1. The van der Waals surface area contributed by atoms with E-state index in [0.29, 0.717) is 16.3 Å². The lowest BCUT2D eigenvalue weighted by atomic mass is 10.2. The number of imidazole rings is 1. The standard InChI is InChI=1S/C16H19N3O2S2/c1-10(2)14-15(19-9-12(4)22-16(19)17-14)23(20,21)18-13-8-6-5-7-11(13)3/h5-10,18H,1-4H3. The number of aryl methyl sites for hydroxylation is 2. The normalized spacial score (nSPS) is 12.2. The van der Waals surface area contributed by atoms with Gasteiger partial charge in [0.05, 0.1) is 11.4 Å². The molecule has 7 heteroatoms. The summed E-state index contributed by atoms with van der Waals surface area (Å²) in [6.45, 7) is 7.72. The zero-order chi connectivity index (χ0) is 16.8. The second-order valence-electron chi connectivity index (χ2n) is 5.87. The molecule has 0 saturated heterocycles. The number of sulfonamides is 1. The van der Waals surface area contributed by atoms with E-state index in [1.54, 1.807) is 10.5 Å². The van der Waals surface area contributed by atoms with Crippen molar-refractivity contribution in [2.45, 2.75) is 38.6 Å². The monoisotopic (exact) mass is 349 g/mol. The summed E-state index contributed by atoms with van der Waals surface area (Å²) in [5.74, 6) is 0.0193. The number of aromatic nitrogens is 2. The summed E-state index contributed by atoms with van der Waals surface area (Å²) in [5.41, 5.74) is 2.06. The maximum Gasteiger partial charge on any atom is 0.279 e. The van der Waals surface area contributed by atoms with Crippen LogP contribution in [0.5, 0.6) is 0 Å². The van der Waals surface area contributed by atoms with Crippen LogP contribution in [0.15, 0.2) is 35.5 Å². The van der Waals surface area contributed by atoms with Gasteiger partial charge in [-0.25, -0.2) is 4.98 Å². The van der Waals surface area contributed by atoms with Gasteiger partial charge in [0.25, 0.3) is 10.0 Å². The van der Waals surface area contributed by atoms with Crippen LogP contribution in [-0.4, -0.2) is 17.8 Å². The van der Waals surface area contributed by atoms with E-state index in [4.69, 9.17) is 0 Å². The summed E-state index contributed by atoms with van der Waals surface area (Å²) >= 11 is 1.49. The lowest BCUT2D eigenvalue weighted by Crippen LogP contribution is -2.17. The Hall–Kier alpha value is -1.86. The first kappa shape index (κ1) is 16.0. The van der Waals surface area contributed by atoms with Crippen molar-refractivity contribution in [3.05, 3.63) is 46.6 Å². The molecule has 0 bridgehead atoms. The summed E-state index contributed by atoms with van der Waals surface area (Å²) in [4.78, 5) is 6.25. The molecule has 0 aliphatic carbocycles. The Morgan fingerprint density at radius 1 is 1.22 bits per heavy atom. The third kappa shape index (κ3) is 2.86. The van der Waals surface area contributed by atoms with Crippen LogP contribution in [0.2, 0.25) is 0 Å². The van der Waals surface area contributed by atoms with Crippen molar-refractivity contribution in [2.75, 3.05) is 4.72 Å².